The molecule has 1 heteroatoms. The smallest absolute Gasteiger partial charge is 0.0320 e. The zero-order chi connectivity index (χ0) is 10.7. The minimum atomic E-state index is 0.179. The van der Waals surface area contributed by atoms with Gasteiger partial charge in [-0.25, -0.2) is 0 Å². The molecule has 0 radical (unpaired) electrons. The summed E-state index contributed by atoms with van der Waals surface area (Å²) in [6.07, 6.45) is 1.13. The number of benzene rings is 1. The van der Waals surface area contributed by atoms with Gasteiger partial charge in [-0.3, -0.25) is 0 Å². The minimum Gasteiger partial charge on any atom is -0.324 e. The second-order valence-electron chi connectivity index (χ2n) is 4.33. The summed E-state index contributed by atoms with van der Waals surface area (Å²) in [5, 5.41) is 0. The van der Waals surface area contributed by atoms with Crippen molar-refractivity contribution in [2.45, 2.75) is 40.2 Å². The second-order valence-corrected chi connectivity index (χ2v) is 4.33. The molecule has 2 N–H and O–H groups in total. The van der Waals surface area contributed by atoms with Gasteiger partial charge in [0.15, 0.2) is 0 Å². The van der Waals surface area contributed by atoms with Crippen molar-refractivity contribution in [3.63, 3.8) is 0 Å². The third-order valence-electron chi connectivity index (χ3n) is 2.89. The first-order valence-electron chi connectivity index (χ1n) is 5.38. The number of hydrogen-bond acceptors (Lipinski definition) is 1. The first kappa shape index (κ1) is 11.3. The fourth-order valence-corrected chi connectivity index (χ4v) is 1.78. The van der Waals surface area contributed by atoms with Gasteiger partial charge in [0.25, 0.3) is 0 Å². The molecule has 1 aromatic carbocycles. The van der Waals surface area contributed by atoms with Gasteiger partial charge in [-0.2, -0.15) is 0 Å². The van der Waals surface area contributed by atoms with E-state index >= 15 is 0 Å². The standard InChI is InChI=1S/C13H21N/c1-5-11(4)13(14)12-7-9(2)6-10(3)8-12/h6-8,11,13H,5,14H2,1-4H3/t11?,13-/m1/s1. The highest BCUT2D eigenvalue weighted by atomic mass is 14.6. The van der Waals surface area contributed by atoms with Crippen LogP contribution in [0.2, 0.25) is 0 Å². The van der Waals surface area contributed by atoms with E-state index in [1.807, 2.05) is 0 Å². The summed E-state index contributed by atoms with van der Waals surface area (Å²) in [5.41, 5.74) is 10.1. The maximum absolute atomic E-state index is 6.19. The van der Waals surface area contributed by atoms with Gasteiger partial charge in [0, 0.05) is 6.04 Å². The molecule has 2 atom stereocenters. The van der Waals surface area contributed by atoms with E-state index in [0.717, 1.165) is 6.42 Å². The normalized spacial score (nSPS) is 15.2. The van der Waals surface area contributed by atoms with Crippen LogP contribution in [0.15, 0.2) is 18.2 Å². The quantitative estimate of drug-likeness (QED) is 0.779. The zero-order valence-electron chi connectivity index (χ0n) is 9.67. The molecule has 0 heterocycles. The summed E-state index contributed by atoms with van der Waals surface area (Å²) in [6.45, 7) is 8.65. The average Bonchev–Trinajstić information content (AvgIpc) is 2.14. The van der Waals surface area contributed by atoms with E-state index in [-0.39, 0.29) is 6.04 Å². The van der Waals surface area contributed by atoms with Gasteiger partial charge in [0.2, 0.25) is 0 Å². The largest absolute Gasteiger partial charge is 0.324 e. The number of rotatable bonds is 3. The van der Waals surface area contributed by atoms with Crippen molar-refractivity contribution in [2.75, 3.05) is 0 Å². The lowest BCUT2D eigenvalue weighted by atomic mass is 9.91. The van der Waals surface area contributed by atoms with E-state index in [2.05, 4.69) is 45.9 Å². The van der Waals surface area contributed by atoms with Crippen LogP contribution in [0.3, 0.4) is 0 Å². The lowest BCUT2D eigenvalue weighted by molar-refractivity contribution is 0.456. The van der Waals surface area contributed by atoms with Crippen molar-refractivity contribution in [3.8, 4) is 0 Å². The lowest BCUT2D eigenvalue weighted by Gasteiger charge is -2.19. The van der Waals surface area contributed by atoms with Crippen molar-refractivity contribution >= 4 is 0 Å². The third-order valence-corrected chi connectivity index (χ3v) is 2.89. The molecule has 0 aromatic heterocycles. The van der Waals surface area contributed by atoms with E-state index in [1.165, 1.54) is 16.7 Å². The maximum Gasteiger partial charge on any atom is 0.0320 e. The van der Waals surface area contributed by atoms with Gasteiger partial charge in [-0.1, -0.05) is 49.6 Å². The van der Waals surface area contributed by atoms with Crippen LogP contribution in [0.5, 0.6) is 0 Å². The molecule has 0 amide bonds. The molecular weight excluding hydrogens is 170 g/mol. The topological polar surface area (TPSA) is 26.0 Å². The van der Waals surface area contributed by atoms with Crippen molar-refractivity contribution in [3.05, 3.63) is 34.9 Å². The molecule has 1 nitrogen and oxygen atoms in total. The van der Waals surface area contributed by atoms with E-state index in [9.17, 15) is 0 Å². The summed E-state index contributed by atoms with van der Waals surface area (Å²) in [6, 6.07) is 6.76. The third kappa shape index (κ3) is 2.58. The van der Waals surface area contributed by atoms with E-state index in [4.69, 9.17) is 5.73 Å². The Morgan fingerprint density at radius 2 is 1.64 bits per heavy atom. The van der Waals surface area contributed by atoms with Gasteiger partial charge in [0.1, 0.15) is 0 Å². The first-order chi connectivity index (χ1) is 6.54. The molecule has 0 aliphatic rings. The molecule has 0 aliphatic heterocycles. The van der Waals surface area contributed by atoms with E-state index < -0.39 is 0 Å². The zero-order valence-corrected chi connectivity index (χ0v) is 9.67. The van der Waals surface area contributed by atoms with Crippen LogP contribution >= 0.6 is 0 Å². The van der Waals surface area contributed by atoms with Crippen LogP contribution in [0.1, 0.15) is 43.0 Å². The number of aryl methyl sites for hydroxylation is 2. The van der Waals surface area contributed by atoms with Crippen molar-refractivity contribution in [2.24, 2.45) is 11.7 Å². The summed E-state index contributed by atoms with van der Waals surface area (Å²) in [5.74, 6) is 0.552. The predicted octanol–water partition coefficient (Wildman–Crippen LogP) is 3.35. The molecule has 0 fully saturated rings. The van der Waals surface area contributed by atoms with E-state index in [0.29, 0.717) is 5.92 Å². The Kier molecular flexibility index (Phi) is 3.70. The van der Waals surface area contributed by atoms with Gasteiger partial charge >= 0.3 is 0 Å². The SMILES string of the molecule is CCC(C)[C@@H](N)c1cc(C)cc(C)c1. The Labute approximate surface area is 87.3 Å². The Bertz CT molecular complexity index is 284. The summed E-state index contributed by atoms with van der Waals surface area (Å²) >= 11 is 0. The predicted molar refractivity (Wildman–Crippen MR) is 62.3 cm³/mol. The number of hydrogen-bond donors (Lipinski definition) is 1. The highest BCUT2D eigenvalue weighted by Crippen LogP contribution is 2.23. The molecule has 1 aromatic rings. The molecule has 14 heavy (non-hydrogen) atoms. The molecule has 78 valence electrons. The van der Waals surface area contributed by atoms with Crippen LogP contribution in [-0.4, -0.2) is 0 Å². The first-order valence-corrected chi connectivity index (χ1v) is 5.38. The summed E-state index contributed by atoms with van der Waals surface area (Å²) in [7, 11) is 0. The van der Waals surface area contributed by atoms with Crippen molar-refractivity contribution < 1.29 is 0 Å². The highest BCUT2D eigenvalue weighted by molar-refractivity contribution is 5.30. The molecule has 1 unspecified atom stereocenters. The van der Waals surface area contributed by atoms with Gasteiger partial charge in [-0.05, 0) is 25.3 Å². The van der Waals surface area contributed by atoms with Gasteiger partial charge < -0.3 is 5.73 Å². The fourth-order valence-electron chi connectivity index (χ4n) is 1.78. The monoisotopic (exact) mass is 191 g/mol. The molecule has 0 saturated heterocycles. The van der Waals surface area contributed by atoms with Crippen molar-refractivity contribution in [1.29, 1.82) is 0 Å². The Morgan fingerprint density at radius 1 is 1.14 bits per heavy atom. The molecule has 1 rings (SSSR count). The van der Waals surface area contributed by atoms with Crippen LogP contribution in [-0.2, 0) is 0 Å². The molecule has 0 bridgehead atoms. The van der Waals surface area contributed by atoms with Gasteiger partial charge in [-0.15, -0.1) is 0 Å². The summed E-state index contributed by atoms with van der Waals surface area (Å²) in [4.78, 5) is 0. The summed E-state index contributed by atoms with van der Waals surface area (Å²) < 4.78 is 0. The van der Waals surface area contributed by atoms with E-state index in [1.54, 1.807) is 0 Å². The van der Waals surface area contributed by atoms with Crippen LogP contribution in [0.25, 0.3) is 0 Å². The average molecular weight is 191 g/mol. The van der Waals surface area contributed by atoms with Crippen LogP contribution in [0, 0.1) is 19.8 Å². The molecule has 0 spiro atoms. The lowest BCUT2D eigenvalue weighted by Crippen LogP contribution is -2.18. The maximum atomic E-state index is 6.19. The Morgan fingerprint density at radius 3 is 2.07 bits per heavy atom. The Hall–Kier alpha value is -0.820. The Balaban J connectivity index is 2.94. The highest BCUT2D eigenvalue weighted by Gasteiger charge is 2.13. The van der Waals surface area contributed by atoms with Crippen LogP contribution < -0.4 is 5.73 Å². The van der Waals surface area contributed by atoms with Gasteiger partial charge in [0.05, 0.1) is 0 Å². The minimum absolute atomic E-state index is 0.179. The molecule has 0 saturated carbocycles. The van der Waals surface area contributed by atoms with Crippen molar-refractivity contribution in [1.82, 2.24) is 0 Å². The number of nitrogens with two attached hydrogens (primary N) is 1. The fraction of sp³-hybridized carbons (Fsp3) is 0.538. The molecule has 0 aliphatic carbocycles. The second kappa shape index (κ2) is 4.61. The molecular formula is C13H21N. The van der Waals surface area contributed by atoms with Crippen LogP contribution in [0.4, 0.5) is 0 Å².